The van der Waals surface area contributed by atoms with Gasteiger partial charge in [0.25, 0.3) is 5.91 Å². The molecule has 1 N–H and O–H groups in total. The first-order valence-electron chi connectivity index (χ1n) is 5.42. The highest BCUT2D eigenvalue weighted by atomic mass is 127. The molecule has 6 heteroatoms. The van der Waals surface area contributed by atoms with Crippen LogP contribution in [-0.4, -0.2) is 48.6 Å². The fourth-order valence-corrected chi connectivity index (χ4v) is 2.16. The highest BCUT2D eigenvalue weighted by molar-refractivity contribution is 14.1. The lowest BCUT2D eigenvalue weighted by Crippen LogP contribution is -2.35. The van der Waals surface area contributed by atoms with E-state index in [0.717, 1.165) is 3.57 Å². The van der Waals surface area contributed by atoms with Gasteiger partial charge in [0.2, 0.25) is 0 Å². The number of halogens is 2. The summed E-state index contributed by atoms with van der Waals surface area (Å²) in [6, 6.07) is 4.92. The largest absolute Gasteiger partial charge is 0.507 e. The van der Waals surface area contributed by atoms with E-state index in [2.05, 4.69) is 22.6 Å². The van der Waals surface area contributed by atoms with E-state index in [4.69, 9.17) is 16.3 Å². The zero-order chi connectivity index (χ0) is 13.5. The van der Waals surface area contributed by atoms with Crippen molar-refractivity contribution in [2.24, 2.45) is 0 Å². The van der Waals surface area contributed by atoms with Crippen LogP contribution >= 0.6 is 34.2 Å². The number of alkyl halides is 1. The average molecular weight is 384 g/mol. The van der Waals surface area contributed by atoms with Gasteiger partial charge in [-0.25, -0.2) is 0 Å². The fourth-order valence-electron chi connectivity index (χ4n) is 1.47. The molecule has 0 bridgehead atoms. The summed E-state index contributed by atoms with van der Waals surface area (Å²) in [6.45, 7) is 1.31. The van der Waals surface area contributed by atoms with Crippen molar-refractivity contribution < 1.29 is 14.6 Å². The number of aromatic hydroxyl groups is 1. The zero-order valence-electron chi connectivity index (χ0n) is 10.0. The predicted molar refractivity (Wildman–Crippen MR) is 79.3 cm³/mol. The molecule has 1 rings (SSSR count). The first-order valence-corrected chi connectivity index (χ1v) is 7.04. The minimum absolute atomic E-state index is 0.0163. The molecule has 1 amide bonds. The Morgan fingerprint density at radius 3 is 2.83 bits per heavy atom. The maximum atomic E-state index is 12.3. The smallest absolute Gasteiger partial charge is 0.257 e. The summed E-state index contributed by atoms with van der Waals surface area (Å²) in [6.07, 6.45) is 0. The minimum atomic E-state index is -0.233. The maximum absolute atomic E-state index is 12.3. The van der Waals surface area contributed by atoms with E-state index >= 15 is 0 Å². The second-order valence-corrected chi connectivity index (χ2v) is 5.26. The number of phenols is 1. The third kappa shape index (κ3) is 4.29. The Bertz CT molecular complexity index is 414. The number of nitrogens with zero attached hydrogens (tertiary/aromatic N) is 1. The molecule has 4 nitrogen and oxygen atoms in total. The summed E-state index contributed by atoms with van der Waals surface area (Å²) in [7, 11) is 1.58. The molecule has 0 saturated heterocycles. The highest BCUT2D eigenvalue weighted by Crippen LogP contribution is 2.21. The quantitative estimate of drug-likeness (QED) is 0.606. The van der Waals surface area contributed by atoms with E-state index in [9.17, 15) is 9.90 Å². The second-order valence-electron chi connectivity index (χ2n) is 3.64. The molecule has 0 atom stereocenters. The summed E-state index contributed by atoms with van der Waals surface area (Å²) in [5.74, 6) is 0.0984. The van der Waals surface area contributed by atoms with Gasteiger partial charge in [0, 0.05) is 29.6 Å². The SMILES string of the molecule is COCCN(CCCl)C(=O)c1cc(I)ccc1O. The van der Waals surface area contributed by atoms with Crippen molar-refractivity contribution in [2.45, 2.75) is 0 Å². The Labute approximate surface area is 125 Å². The Morgan fingerprint density at radius 1 is 1.50 bits per heavy atom. The van der Waals surface area contributed by atoms with Crippen molar-refractivity contribution in [3.8, 4) is 5.75 Å². The Balaban J connectivity index is 2.90. The molecule has 0 radical (unpaired) electrons. The van der Waals surface area contributed by atoms with Gasteiger partial charge in [0.05, 0.1) is 12.2 Å². The lowest BCUT2D eigenvalue weighted by molar-refractivity contribution is 0.0705. The lowest BCUT2D eigenvalue weighted by Gasteiger charge is -2.21. The van der Waals surface area contributed by atoms with Crippen LogP contribution in [0.5, 0.6) is 5.75 Å². The van der Waals surface area contributed by atoms with Gasteiger partial charge in [-0.1, -0.05) is 0 Å². The van der Waals surface area contributed by atoms with Gasteiger partial charge in [-0.2, -0.15) is 0 Å². The molecule has 0 aromatic heterocycles. The van der Waals surface area contributed by atoms with Crippen molar-refractivity contribution in [1.29, 1.82) is 0 Å². The number of carbonyl (C=O) groups excluding carboxylic acids is 1. The number of benzene rings is 1. The second kappa shape index (κ2) is 7.81. The van der Waals surface area contributed by atoms with Crippen molar-refractivity contribution in [3.05, 3.63) is 27.3 Å². The average Bonchev–Trinajstić information content (AvgIpc) is 2.36. The van der Waals surface area contributed by atoms with E-state index < -0.39 is 0 Å². The van der Waals surface area contributed by atoms with Gasteiger partial charge in [-0.05, 0) is 40.8 Å². The van der Waals surface area contributed by atoms with Crippen LogP contribution in [0, 0.1) is 3.57 Å². The first-order chi connectivity index (χ1) is 8.60. The number of ether oxygens (including phenoxy) is 1. The predicted octanol–water partition coefficient (Wildman–Crippen LogP) is 2.32. The number of phenolic OH excluding ortho intramolecular Hbond substituents is 1. The van der Waals surface area contributed by atoms with Gasteiger partial charge in [-0.15, -0.1) is 11.6 Å². The van der Waals surface area contributed by atoms with Crippen LogP contribution < -0.4 is 0 Å². The highest BCUT2D eigenvalue weighted by Gasteiger charge is 2.18. The number of methoxy groups -OCH3 is 1. The number of hydrogen-bond donors (Lipinski definition) is 1. The van der Waals surface area contributed by atoms with Gasteiger partial charge in [-0.3, -0.25) is 4.79 Å². The molecule has 0 saturated carbocycles. The van der Waals surface area contributed by atoms with Crippen LogP contribution in [0.25, 0.3) is 0 Å². The normalized spacial score (nSPS) is 10.4. The molecule has 0 aliphatic rings. The molecule has 0 spiro atoms. The van der Waals surface area contributed by atoms with Crippen molar-refractivity contribution in [2.75, 3.05) is 32.7 Å². The summed E-state index contributed by atoms with van der Waals surface area (Å²) in [5, 5.41) is 9.73. The van der Waals surface area contributed by atoms with Crippen LogP contribution in [0.3, 0.4) is 0 Å². The first kappa shape index (κ1) is 15.5. The third-order valence-corrected chi connectivity index (χ3v) is 3.24. The van der Waals surface area contributed by atoms with Crippen LogP contribution in [0.1, 0.15) is 10.4 Å². The standard InChI is InChI=1S/C12H15ClINO3/c1-18-7-6-15(5-4-13)12(17)10-8-9(14)2-3-11(10)16/h2-3,8,16H,4-7H2,1H3. The molecular formula is C12H15ClINO3. The van der Waals surface area contributed by atoms with Gasteiger partial charge < -0.3 is 14.7 Å². The van der Waals surface area contributed by atoms with Gasteiger partial charge in [0.1, 0.15) is 5.75 Å². The third-order valence-electron chi connectivity index (χ3n) is 2.40. The van der Waals surface area contributed by atoms with Crippen molar-refractivity contribution in [3.63, 3.8) is 0 Å². The molecular weight excluding hydrogens is 368 g/mol. The summed E-state index contributed by atoms with van der Waals surface area (Å²) < 4.78 is 5.85. The van der Waals surface area contributed by atoms with E-state index in [1.807, 2.05) is 0 Å². The van der Waals surface area contributed by atoms with E-state index in [1.54, 1.807) is 24.1 Å². The molecule has 0 unspecified atom stereocenters. The molecule has 0 aliphatic carbocycles. The van der Waals surface area contributed by atoms with E-state index in [0.29, 0.717) is 31.1 Å². The van der Waals surface area contributed by atoms with Crippen molar-refractivity contribution in [1.82, 2.24) is 4.90 Å². The fraction of sp³-hybridized carbons (Fsp3) is 0.417. The van der Waals surface area contributed by atoms with Crippen LogP contribution in [0.15, 0.2) is 18.2 Å². The van der Waals surface area contributed by atoms with Crippen LogP contribution in [-0.2, 0) is 4.74 Å². The van der Waals surface area contributed by atoms with E-state index in [1.165, 1.54) is 6.07 Å². The number of carbonyl (C=O) groups is 1. The molecule has 1 aromatic carbocycles. The van der Waals surface area contributed by atoms with Crippen LogP contribution in [0.4, 0.5) is 0 Å². The summed E-state index contributed by atoms with van der Waals surface area (Å²) >= 11 is 7.78. The zero-order valence-corrected chi connectivity index (χ0v) is 12.9. The minimum Gasteiger partial charge on any atom is -0.507 e. The molecule has 1 aromatic rings. The van der Waals surface area contributed by atoms with E-state index in [-0.39, 0.29) is 11.7 Å². The lowest BCUT2D eigenvalue weighted by atomic mass is 10.1. The number of hydrogen-bond acceptors (Lipinski definition) is 3. The Kier molecular flexibility index (Phi) is 6.73. The maximum Gasteiger partial charge on any atom is 0.257 e. The molecule has 0 fully saturated rings. The summed E-state index contributed by atoms with van der Waals surface area (Å²) in [5.41, 5.74) is 0.295. The molecule has 0 aliphatic heterocycles. The van der Waals surface area contributed by atoms with Gasteiger partial charge >= 0.3 is 0 Å². The van der Waals surface area contributed by atoms with Crippen molar-refractivity contribution >= 4 is 40.1 Å². The summed E-state index contributed by atoms with van der Waals surface area (Å²) in [4.78, 5) is 13.8. The topological polar surface area (TPSA) is 49.8 Å². The molecule has 0 heterocycles. The monoisotopic (exact) mass is 383 g/mol. The Hall–Kier alpha value is -0.530. The molecule has 100 valence electrons. The molecule has 18 heavy (non-hydrogen) atoms. The number of amides is 1. The van der Waals surface area contributed by atoms with Gasteiger partial charge in [0.15, 0.2) is 0 Å². The number of rotatable bonds is 6. The van der Waals surface area contributed by atoms with Crippen LogP contribution in [0.2, 0.25) is 0 Å². The Morgan fingerprint density at radius 2 is 2.22 bits per heavy atom.